The fourth-order valence-corrected chi connectivity index (χ4v) is 1.50. The van der Waals surface area contributed by atoms with E-state index in [9.17, 15) is 5.21 Å². The third-order valence-corrected chi connectivity index (χ3v) is 2.25. The van der Waals surface area contributed by atoms with Gasteiger partial charge in [-0.25, -0.2) is 0 Å². The van der Waals surface area contributed by atoms with Crippen molar-refractivity contribution >= 4 is 23.2 Å². The van der Waals surface area contributed by atoms with E-state index in [-0.39, 0.29) is 17.3 Å². The summed E-state index contributed by atoms with van der Waals surface area (Å²) in [6, 6.07) is 1.46. The smallest absolute Gasteiger partial charge is 0.293 e. The molecule has 0 aromatic carbocycles. The number of aromatic nitrogens is 1. The van der Waals surface area contributed by atoms with Gasteiger partial charge in [-0.3, -0.25) is 0 Å². The molecule has 5 heteroatoms. The van der Waals surface area contributed by atoms with Gasteiger partial charge in [0.1, 0.15) is 0 Å². The van der Waals surface area contributed by atoms with Crippen molar-refractivity contribution in [1.82, 2.24) is 0 Å². The van der Waals surface area contributed by atoms with Crippen molar-refractivity contribution in [2.24, 2.45) is 0 Å². The van der Waals surface area contributed by atoms with Crippen molar-refractivity contribution in [3.63, 3.8) is 0 Å². The zero-order chi connectivity index (χ0) is 9.30. The van der Waals surface area contributed by atoms with Crippen molar-refractivity contribution in [2.45, 2.75) is 13.5 Å². The predicted octanol–water partition coefficient (Wildman–Crippen LogP) is 1.43. The van der Waals surface area contributed by atoms with Crippen LogP contribution in [0.3, 0.4) is 0 Å². The third kappa shape index (κ3) is 1.48. The van der Waals surface area contributed by atoms with E-state index in [2.05, 4.69) is 0 Å². The molecule has 0 saturated heterocycles. The van der Waals surface area contributed by atoms with Gasteiger partial charge in [0.15, 0.2) is 5.69 Å². The molecule has 0 amide bonds. The van der Waals surface area contributed by atoms with Crippen LogP contribution in [0.4, 0.5) is 0 Å². The Balaban J connectivity index is 3.40. The van der Waals surface area contributed by atoms with E-state index in [1.165, 1.54) is 6.07 Å². The Hall–Kier alpha value is -0.510. The maximum Gasteiger partial charge on any atom is 0.293 e. The Bertz CT molecular complexity index is 315. The predicted molar refractivity (Wildman–Crippen MR) is 46.1 cm³/mol. The molecular formula is C7H7Cl2NO2. The molecule has 0 bridgehead atoms. The summed E-state index contributed by atoms with van der Waals surface area (Å²) in [5.74, 6) is 0. The van der Waals surface area contributed by atoms with Gasteiger partial charge in [0.2, 0.25) is 0 Å². The van der Waals surface area contributed by atoms with Crippen LogP contribution >= 0.6 is 23.2 Å². The number of pyridine rings is 1. The summed E-state index contributed by atoms with van der Waals surface area (Å²) in [5.41, 5.74) is 0.668. The minimum atomic E-state index is -0.333. The molecular weight excluding hydrogens is 201 g/mol. The Kier molecular flexibility index (Phi) is 2.77. The molecule has 0 atom stereocenters. The van der Waals surface area contributed by atoms with E-state index in [1.54, 1.807) is 6.92 Å². The molecule has 3 nitrogen and oxygen atoms in total. The van der Waals surface area contributed by atoms with Crippen LogP contribution in [0.2, 0.25) is 10.2 Å². The quantitative estimate of drug-likeness (QED) is 0.431. The van der Waals surface area contributed by atoms with Crippen molar-refractivity contribution in [2.75, 3.05) is 0 Å². The summed E-state index contributed by atoms with van der Waals surface area (Å²) < 4.78 is 0.527. The lowest BCUT2D eigenvalue weighted by atomic mass is 10.2. The first kappa shape index (κ1) is 9.58. The lowest BCUT2D eigenvalue weighted by Crippen LogP contribution is -2.32. The number of hydrogen-bond acceptors (Lipinski definition) is 2. The fraction of sp³-hybridized carbons (Fsp3) is 0.286. The molecule has 0 fully saturated rings. The van der Waals surface area contributed by atoms with Crippen molar-refractivity contribution < 1.29 is 9.84 Å². The summed E-state index contributed by atoms with van der Waals surface area (Å²) in [4.78, 5) is 0. The van der Waals surface area contributed by atoms with Gasteiger partial charge in [-0.2, -0.15) is 4.73 Å². The number of aliphatic hydroxyl groups is 1. The molecule has 0 aliphatic rings. The summed E-state index contributed by atoms with van der Waals surface area (Å²) in [6.45, 7) is 1.26. The standard InChI is InChI=1S/C7H7Cl2NO2/c1-4-2-6(8)5(3-11)7(9)10(4)12/h2,11H,3H2,1H3. The first-order valence-electron chi connectivity index (χ1n) is 3.25. The van der Waals surface area contributed by atoms with Crippen LogP contribution in [0.25, 0.3) is 0 Å². The maximum atomic E-state index is 11.1. The summed E-state index contributed by atoms with van der Waals surface area (Å²) in [7, 11) is 0. The zero-order valence-electron chi connectivity index (χ0n) is 6.34. The second-order valence-corrected chi connectivity index (χ2v) is 3.12. The summed E-state index contributed by atoms with van der Waals surface area (Å²) in [5, 5.41) is 20.2. The number of halogens is 2. The van der Waals surface area contributed by atoms with Crippen LogP contribution in [-0.4, -0.2) is 5.11 Å². The van der Waals surface area contributed by atoms with E-state index < -0.39 is 0 Å². The highest BCUT2D eigenvalue weighted by atomic mass is 35.5. The van der Waals surface area contributed by atoms with Crippen molar-refractivity contribution in [3.05, 3.63) is 32.7 Å². The van der Waals surface area contributed by atoms with Gasteiger partial charge in [0.25, 0.3) is 5.15 Å². The number of rotatable bonds is 1. The largest absolute Gasteiger partial charge is 0.617 e. The van der Waals surface area contributed by atoms with Crippen LogP contribution in [-0.2, 0) is 6.61 Å². The number of hydrogen-bond donors (Lipinski definition) is 1. The normalized spacial score (nSPS) is 10.3. The van der Waals surface area contributed by atoms with Crippen LogP contribution in [0.15, 0.2) is 6.07 Å². The van der Waals surface area contributed by atoms with Gasteiger partial charge in [-0.1, -0.05) is 11.6 Å². The minimum absolute atomic E-state index is 0.0671. The summed E-state index contributed by atoms with van der Waals surface area (Å²) in [6.07, 6.45) is 0. The molecule has 12 heavy (non-hydrogen) atoms. The Labute approximate surface area is 79.7 Å². The molecule has 0 unspecified atom stereocenters. The average molecular weight is 208 g/mol. The van der Waals surface area contributed by atoms with E-state index in [1.807, 2.05) is 0 Å². The van der Waals surface area contributed by atoms with E-state index in [0.717, 1.165) is 0 Å². The highest BCUT2D eigenvalue weighted by Crippen LogP contribution is 2.21. The van der Waals surface area contributed by atoms with Crippen LogP contribution in [0, 0.1) is 12.1 Å². The molecule has 1 aromatic rings. The van der Waals surface area contributed by atoms with Crippen molar-refractivity contribution in [3.8, 4) is 0 Å². The van der Waals surface area contributed by atoms with Gasteiger partial charge in [-0.15, -0.1) is 0 Å². The topological polar surface area (TPSA) is 47.2 Å². The van der Waals surface area contributed by atoms with Crippen LogP contribution in [0.5, 0.6) is 0 Å². The van der Waals surface area contributed by atoms with Gasteiger partial charge in [0.05, 0.1) is 17.2 Å². The van der Waals surface area contributed by atoms with Gasteiger partial charge < -0.3 is 10.3 Å². The lowest BCUT2D eigenvalue weighted by molar-refractivity contribution is -0.610. The second-order valence-electron chi connectivity index (χ2n) is 2.36. The average Bonchev–Trinajstić information content (AvgIpc) is 2.01. The van der Waals surface area contributed by atoms with E-state index >= 15 is 0 Å². The molecule has 1 N–H and O–H groups in total. The molecule has 0 saturated carbocycles. The van der Waals surface area contributed by atoms with Gasteiger partial charge in [-0.05, 0) is 11.6 Å². The third-order valence-electron chi connectivity index (χ3n) is 1.53. The highest BCUT2D eigenvalue weighted by Gasteiger charge is 2.15. The van der Waals surface area contributed by atoms with Crippen molar-refractivity contribution in [1.29, 1.82) is 0 Å². The zero-order valence-corrected chi connectivity index (χ0v) is 7.85. The minimum Gasteiger partial charge on any atom is -0.617 e. The summed E-state index contributed by atoms with van der Waals surface area (Å²) >= 11 is 11.3. The van der Waals surface area contributed by atoms with Gasteiger partial charge >= 0.3 is 0 Å². The monoisotopic (exact) mass is 207 g/mol. The van der Waals surface area contributed by atoms with E-state index in [0.29, 0.717) is 15.4 Å². The molecule has 1 rings (SSSR count). The molecule has 66 valence electrons. The second kappa shape index (κ2) is 3.47. The highest BCUT2D eigenvalue weighted by molar-refractivity contribution is 6.34. The number of aliphatic hydroxyl groups excluding tert-OH is 1. The molecule has 1 heterocycles. The van der Waals surface area contributed by atoms with Gasteiger partial charge in [0, 0.05) is 13.0 Å². The fourth-order valence-electron chi connectivity index (χ4n) is 0.846. The Morgan fingerprint density at radius 3 is 2.67 bits per heavy atom. The molecule has 0 aliphatic carbocycles. The van der Waals surface area contributed by atoms with E-state index in [4.69, 9.17) is 28.3 Å². The molecule has 0 spiro atoms. The Morgan fingerprint density at radius 1 is 1.58 bits per heavy atom. The first-order valence-corrected chi connectivity index (χ1v) is 4.01. The molecule has 0 radical (unpaired) electrons. The van der Waals surface area contributed by atoms with Crippen LogP contribution < -0.4 is 4.73 Å². The number of nitrogens with zero attached hydrogens (tertiary/aromatic N) is 1. The molecule has 1 aromatic heterocycles. The maximum absolute atomic E-state index is 11.1. The Morgan fingerprint density at radius 2 is 2.17 bits per heavy atom. The first-order chi connectivity index (χ1) is 5.57. The van der Waals surface area contributed by atoms with Crippen LogP contribution in [0.1, 0.15) is 11.3 Å². The lowest BCUT2D eigenvalue weighted by Gasteiger charge is -2.06. The SMILES string of the molecule is Cc1cc(Cl)c(CO)c(Cl)[n+]1[O-]. The molecule has 0 aliphatic heterocycles. The number of aryl methyl sites for hydroxylation is 1.